The van der Waals surface area contributed by atoms with Gasteiger partial charge in [-0.25, -0.2) is 4.90 Å². The number of rotatable bonds is 5. The number of hydrogen-bond acceptors (Lipinski definition) is 4. The molecule has 5 heteroatoms. The summed E-state index contributed by atoms with van der Waals surface area (Å²) in [5, 5.41) is 3.14. The van der Waals surface area contributed by atoms with Crippen LogP contribution < -0.4 is 15.0 Å². The number of carbonyl (C=O) groups is 2. The van der Waals surface area contributed by atoms with Gasteiger partial charge in [0.1, 0.15) is 11.8 Å². The molecule has 1 aliphatic heterocycles. The van der Waals surface area contributed by atoms with Gasteiger partial charge in [0, 0.05) is 0 Å². The normalized spacial score (nSPS) is 17.4. The second kappa shape index (κ2) is 6.52. The van der Waals surface area contributed by atoms with Crippen molar-refractivity contribution >= 4 is 23.2 Å². The largest absolute Gasteiger partial charge is 0.492 e. The number of nitrogens with zero attached hydrogens (tertiary/aromatic N) is 1. The summed E-state index contributed by atoms with van der Waals surface area (Å²) >= 11 is 0. The van der Waals surface area contributed by atoms with E-state index in [0.717, 1.165) is 5.69 Å². The summed E-state index contributed by atoms with van der Waals surface area (Å²) in [5.41, 5.74) is 1.32. The Morgan fingerprint density at radius 2 is 1.78 bits per heavy atom. The van der Waals surface area contributed by atoms with E-state index in [0.29, 0.717) is 18.0 Å². The number of amides is 2. The van der Waals surface area contributed by atoms with Gasteiger partial charge in [-0.3, -0.25) is 9.59 Å². The van der Waals surface area contributed by atoms with Crippen LogP contribution in [-0.4, -0.2) is 24.5 Å². The summed E-state index contributed by atoms with van der Waals surface area (Å²) in [6.07, 6.45) is 0.133. The Kier molecular flexibility index (Phi) is 4.28. The monoisotopic (exact) mass is 310 g/mol. The minimum Gasteiger partial charge on any atom is -0.492 e. The molecular formula is C18H18N2O3. The van der Waals surface area contributed by atoms with Crippen LogP contribution in [0.25, 0.3) is 0 Å². The van der Waals surface area contributed by atoms with Crippen LogP contribution in [0.5, 0.6) is 5.75 Å². The van der Waals surface area contributed by atoms with Crippen molar-refractivity contribution in [1.29, 1.82) is 0 Å². The highest BCUT2D eigenvalue weighted by atomic mass is 16.5. The maximum Gasteiger partial charge on any atom is 0.256 e. The van der Waals surface area contributed by atoms with Crippen LogP contribution in [0.3, 0.4) is 0 Å². The average Bonchev–Trinajstić information content (AvgIpc) is 2.84. The standard InChI is InChI=1S/C18H18N2O3/c1-2-23-16-11-7-6-10-14(16)19-15-12-17(21)20(18(15)22)13-8-4-3-5-9-13/h3-11,15,19H,2,12H2,1H3/t15-/m0/s1. The summed E-state index contributed by atoms with van der Waals surface area (Å²) < 4.78 is 5.55. The summed E-state index contributed by atoms with van der Waals surface area (Å²) in [6, 6.07) is 15.8. The van der Waals surface area contributed by atoms with Gasteiger partial charge >= 0.3 is 0 Å². The molecule has 1 saturated heterocycles. The van der Waals surface area contributed by atoms with E-state index in [-0.39, 0.29) is 18.2 Å². The minimum atomic E-state index is -0.579. The molecule has 0 radical (unpaired) electrons. The van der Waals surface area contributed by atoms with Crippen molar-refractivity contribution in [3.8, 4) is 5.75 Å². The van der Waals surface area contributed by atoms with E-state index in [2.05, 4.69) is 5.32 Å². The molecule has 1 atom stereocenters. The van der Waals surface area contributed by atoms with E-state index in [1.165, 1.54) is 4.90 Å². The molecule has 118 valence electrons. The number of carbonyl (C=O) groups excluding carboxylic acids is 2. The first kappa shape index (κ1) is 15.1. The summed E-state index contributed by atoms with van der Waals surface area (Å²) in [5.74, 6) is 0.230. The third-order valence-corrected chi connectivity index (χ3v) is 3.68. The minimum absolute atomic E-state index is 0.133. The lowest BCUT2D eigenvalue weighted by atomic mass is 10.2. The first-order chi connectivity index (χ1) is 11.2. The Morgan fingerprint density at radius 3 is 2.52 bits per heavy atom. The van der Waals surface area contributed by atoms with E-state index in [1.54, 1.807) is 24.3 Å². The van der Waals surface area contributed by atoms with Crippen LogP contribution in [-0.2, 0) is 9.59 Å². The highest BCUT2D eigenvalue weighted by Gasteiger charge is 2.39. The smallest absolute Gasteiger partial charge is 0.256 e. The molecule has 0 unspecified atom stereocenters. The van der Waals surface area contributed by atoms with Gasteiger partial charge in [-0.1, -0.05) is 30.3 Å². The number of ether oxygens (including phenoxy) is 1. The lowest BCUT2D eigenvalue weighted by Crippen LogP contribution is -2.34. The summed E-state index contributed by atoms with van der Waals surface area (Å²) in [7, 11) is 0. The van der Waals surface area contributed by atoms with Crippen molar-refractivity contribution in [2.75, 3.05) is 16.8 Å². The van der Waals surface area contributed by atoms with Crippen LogP contribution >= 0.6 is 0 Å². The Balaban J connectivity index is 1.81. The van der Waals surface area contributed by atoms with Crippen molar-refractivity contribution in [2.24, 2.45) is 0 Å². The van der Waals surface area contributed by atoms with Crippen molar-refractivity contribution in [2.45, 2.75) is 19.4 Å². The zero-order chi connectivity index (χ0) is 16.2. The summed E-state index contributed by atoms with van der Waals surface area (Å²) in [6.45, 7) is 2.44. The summed E-state index contributed by atoms with van der Waals surface area (Å²) in [4.78, 5) is 26.1. The van der Waals surface area contributed by atoms with Gasteiger partial charge in [-0.2, -0.15) is 0 Å². The maximum atomic E-state index is 12.6. The van der Waals surface area contributed by atoms with Crippen LogP contribution in [0.15, 0.2) is 54.6 Å². The molecule has 0 spiro atoms. The van der Waals surface area contributed by atoms with Crippen molar-refractivity contribution < 1.29 is 14.3 Å². The van der Waals surface area contributed by atoms with Crippen LogP contribution in [0, 0.1) is 0 Å². The molecule has 1 aliphatic rings. The molecule has 2 aromatic carbocycles. The molecule has 0 bridgehead atoms. The second-order valence-corrected chi connectivity index (χ2v) is 5.23. The van der Waals surface area contributed by atoms with Gasteiger partial charge in [-0.15, -0.1) is 0 Å². The topological polar surface area (TPSA) is 58.6 Å². The van der Waals surface area contributed by atoms with E-state index in [4.69, 9.17) is 4.74 Å². The molecule has 1 N–H and O–H groups in total. The zero-order valence-corrected chi connectivity index (χ0v) is 12.9. The predicted molar refractivity (Wildman–Crippen MR) is 88.6 cm³/mol. The first-order valence-electron chi connectivity index (χ1n) is 7.61. The highest BCUT2D eigenvalue weighted by Crippen LogP contribution is 2.29. The maximum absolute atomic E-state index is 12.6. The SMILES string of the molecule is CCOc1ccccc1N[C@H]1CC(=O)N(c2ccccc2)C1=O. The molecule has 1 heterocycles. The Hall–Kier alpha value is -2.82. The lowest BCUT2D eigenvalue weighted by molar-refractivity contribution is -0.121. The van der Waals surface area contributed by atoms with E-state index < -0.39 is 6.04 Å². The molecule has 0 aliphatic carbocycles. The molecule has 3 rings (SSSR count). The zero-order valence-electron chi connectivity index (χ0n) is 12.9. The molecule has 5 nitrogen and oxygen atoms in total. The van der Waals surface area contributed by atoms with Crippen molar-refractivity contribution in [1.82, 2.24) is 0 Å². The van der Waals surface area contributed by atoms with Crippen molar-refractivity contribution in [3.05, 3.63) is 54.6 Å². The highest BCUT2D eigenvalue weighted by molar-refractivity contribution is 6.23. The molecule has 0 saturated carbocycles. The van der Waals surface area contributed by atoms with Crippen LogP contribution in [0.4, 0.5) is 11.4 Å². The molecule has 1 fully saturated rings. The van der Waals surface area contributed by atoms with E-state index in [1.807, 2.05) is 37.3 Å². The lowest BCUT2D eigenvalue weighted by Gasteiger charge is -2.17. The average molecular weight is 310 g/mol. The number of para-hydroxylation sites is 3. The quantitative estimate of drug-likeness (QED) is 0.863. The molecular weight excluding hydrogens is 292 g/mol. The third kappa shape index (κ3) is 3.04. The number of benzene rings is 2. The molecule has 0 aromatic heterocycles. The van der Waals surface area contributed by atoms with Gasteiger partial charge in [0.05, 0.1) is 24.4 Å². The molecule has 2 amide bonds. The van der Waals surface area contributed by atoms with E-state index in [9.17, 15) is 9.59 Å². The van der Waals surface area contributed by atoms with Crippen LogP contribution in [0.2, 0.25) is 0 Å². The van der Waals surface area contributed by atoms with Gasteiger partial charge < -0.3 is 10.1 Å². The van der Waals surface area contributed by atoms with Gasteiger partial charge in [-0.05, 0) is 31.2 Å². The molecule has 2 aromatic rings. The number of nitrogens with one attached hydrogen (secondary N) is 1. The fourth-order valence-electron chi connectivity index (χ4n) is 2.65. The Labute approximate surface area is 134 Å². The fraction of sp³-hybridized carbons (Fsp3) is 0.222. The first-order valence-corrected chi connectivity index (χ1v) is 7.61. The van der Waals surface area contributed by atoms with Gasteiger partial charge in [0.2, 0.25) is 5.91 Å². The van der Waals surface area contributed by atoms with Gasteiger partial charge in [0.25, 0.3) is 5.91 Å². The fourth-order valence-corrected chi connectivity index (χ4v) is 2.65. The Morgan fingerprint density at radius 1 is 1.09 bits per heavy atom. The number of anilines is 2. The van der Waals surface area contributed by atoms with Crippen LogP contribution in [0.1, 0.15) is 13.3 Å². The number of imide groups is 1. The number of hydrogen-bond donors (Lipinski definition) is 1. The van der Waals surface area contributed by atoms with Gasteiger partial charge in [0.15, 0.2) is 0 Å². The van der Waals surface area contributed by atoms with E-state index >= 15 is 0 Å². The Bertz CT molecular complexity index is 715. The second-order valence-electron chi connectivity index (χ2n) is 5.23. The third-order valence-electron chi connectivity index (χ3n) is 3.68. The molecule has 23 heavy (non-hydrogen) atoms. The predicted octanol–water partition coefficient (Wildman–Crippen LogP) is 2.83. The van der Waals surface area contributed by atoms with Crippen molar-refractivity contribution in [3.63, 3.8) is 0 Å².